The minimum absolute atomic E-state index is 0.00643. The number of carbonyl (C=O) groups is 2. The summed E-state index contributed by atoms with van der Waals surface area (Å²) in [4.78, 5) is 26.5. The number of likely N-dealkylation sites (tertiary alicyclic amines) is 1. The van der Waals surface area contributed by atoms with Gasteiger partial charge in [0.25, 0.3) is 0 Å². The van der Waals surface area contributed by atoms with Crippen LogP contribution in [0.3, 0.4) is 0 Å². The van der Waals surface area contributed by atoms with E-state index in [9.17, 15) is 18.0 Å². The number of anilines is 1. The third kappa shape index (κ3) is 5.52. The molecule has 4 rings (SSSR count). The Balaban J connectivity index is 1.50. The highest BCUT2D eigenvalue weighted by Crippen LogP contribution is 2.32. The van der Waals surface area contributed by atoms with E-state index in [1.165, 1.54) is 6.42 Å². The zero-order valence-electron chi connectivity index (χ0n) is 19.6. The van der Waals surface area contributed by atoms with Crippen LogP contribution in [0.15, 0.2) is 41.3 Å². The van der Waals surface area contributed by atoms with E-state index in [0.29, 0.717) is 49.0 Å². The van der Waals surface area contributed by atoms with E-state index < -0.39 is 10.0 Å². The molecule has 34 heavy (non-hydrogen) atoms. The fourth-order valence-corrected chi connectivity index (χ4v) is 6.41. The average Bonchev–Trinajstić information content (AvgIpc) is 2.85. The van der Waals surface area contributed by atoms with Crippen molar-refractivity contribution in [1.82, 2.24) is 9.62 Å². The standard InChI is InChI=1S/C25H33N3O5S/c1-2-33-25(30)28-16-14-19(15-17-28)27-34(31,32)23-13-12-22(20-10-6-7-11-21(20)23)26-24(29)18-8-4-3-5-9-18/h6-7,10-13,18-19,27H,2-5,8-9,14-17H2,1H3,(H,26,29). The first-order chi connectivity index (χ1) is 16.4. The van der Waals surface area contributed by atoms with Crippen LogP contribution in [0.1, 0.15) is 51.9 Å². The van der Waals surface area contributed by atoms with Gasteiger partial charge >= 0.3 is 6.09 Å². The highest BCUT2D eigenvalue weighted by atomic mass is 32.2. The summed E-state index contributed by atoms with van der Waals surface area (Å²) in [5.41, 5.74) is 0.632. The lowest BCUT2D eigenvalue weighted by molar-refractivity contribution is -0.120. The van der Waals surface area contributed by atoms with Gasteiger partial charge in [0.2, 0.25) is 15.9 Å². The molecule has 1 saturated heterocycles. The van der Waals surface area contributed by atoms with Crippen molar-refractivity contribution in [2.45, 2.75) is 62.8 Å². The van der Waals surface area contributed by atoms with Gasteiger partial charge in [-0.3, -0.25) is 4.79 Å². The summed E-state index contributed by atoms with van der Waals surface area (Å²) < 4.78 is 34.5. The second-order valence-corrected chi connectivity index (χ2v) is 10.7. The summed E-state index contributed by atoms with van der Waals surface area (Å²) in [6.45, 7) is 2.96. The maximum atomic E-state index is 13.3. The van der Waals surface area contributed by atoms with Crippen molar-refractivity contribution in [2.24, 2.45) is 5.92 Å². The summed E-state index contributed by atoms with van der Waals surface area (Å²) in [6.07, 6.45) is 5.79. The normalized spacial score (nSPS) is 18.1. The second kappa shape index (κ2) is 10.7. The predicted octanol–water partition coefficient (Wildman–Crippen LogP) is 4.26. The predicted molar refractivity (Wildman–Crippen MR) is 131 cm³/mol. The van der Waals surface area contributed by atoms with Crippen molar-refractivity contribution in [3.05, 3.63) is 36.4 Å². The van der Waals surface area contributed by atoms with Crippen LogP contribution in [0.25, 0.3) is 10.8 Å². The molecule has 184 valence electrons. The number of carbonyl (C=O) groups excluding carboxylic acids is 2. The molecule has 0 spiro atoms. The highest BCUT2D eigenvalue weighted by molar-refractivity contribution is 7.89. The molecule has 0 unspecified atom stereocenters. The molecule has 9 heteroatoms. The Kier molecular flexibility index (Phi) is 7.73. The number of hydrogen-bond acceptors (Lipinski definition) is 5. The molecular weight excluding hydrogens is 454 g/mol. The molecule has 0 bridgehead atoms. The van der Waals surface area contributed by atoms with Gasteiger partial charge in [0, 0.05) is 41.5 Å². The minimum Gasteiger partial charge on any atom is -0.450 e. The van der Waals surface area contributed by atoms with Gasteiger partial charge in [-0.05, 0) is 44.7 Å². The fraction of sp³-hybridized carbons (Fsp3) is 0.520. The van der Waals surface area contributed by atoms with Crippen molar-refractivity contribution in [2.75, 3.05) is 25.0 Å². The van der Waals surface area contributed by atoms with E-state index in [1.807, 2.05) is 12.1 Å². The first kappa shape index (κ1) is 24.5. The Labute approximate surface area is 201 Å². The first-order valence-electron chi connectivity index (χ1n) is 12.2. The second-order valence-electron chi connectivity index (χ2n) is 9.06. The van der Waals surface area contributed by atoms with Gasteiger partial charge in [0.05, 0.1) is 11.5 Å². The van der Waals surface area contributed by atoms with Crippen LogP contribution in [0.4, 0.5) is 10.5 Å². The van der Waals surface area contributed by atoms with Crippen LogP contribution in [-0.4, -0.2) is 51.1 Å². The van der Waals surface area contributed by atoms with E-state index in [2.05, 4.69) is 10.0 Å². The van der Waals surface area contributed by atoms with Gasteiger partial charge in [0.1, 0.15) is 0 Å². The van der Waals surface area contributed by atoms with Crippen LogP contribution in [0.2, 0.25) is 0 Å². The number of nitrogens with one attached hydrogen (secondary N) is 2. The summed E-state index contributed by atoms with van der Waals surface area (Å²) in [6, 6.07) is 10.2. The molecule has 2 fully saturated rings. The van der Waals surface area contributed by atoms with Crippen molar-refractivity contribution >= 4 is 38.5 Å². The van der Waals surface area contributed by atoms with E-state index >= 15 is 0 Å². The van der Waals surface area contributed by atoms with Gasteiger partial charge in [-0.15, -0.1) is 0 Å². The molecule has 2 aliphatic rings. The molecule has 2 aromatic carbocycles. The summed E-state index contributed by atoms with van der Waals surface area (Å²) in [5, 5.41) is 4.31. The van der Waals surface area contributed by atoms with Crippen LogP contribution >= 0.6 is 0 Å². The number of rotatable bonds is 6. The average molecular weight is 488 g/mol. The summed E-state index contributed by atoms with van der Waals surface area (Å²) in [5.74, 6) is 0.0185. The largest absolute Gasteiger partial charge is 0.450 e. The maximum Gasteiger partial charge on any atom is 0.409 e. The maximum absolute atomic E-state index is 13.3. The minimum atomic E-state index is -3.80. The number of nitrogens with zero attached hydrogens (tertiary/aromatic N) is 1. The molecular formula is C25H33N3O5S. The Bertz CT molecular complexity index is 1140. The Morgan fingerprint density at radius 1 is 0.971 bits per heavy atom. The molecule has 2 N–H and O–H groups in total. The van der Waals surface area contributed by atoms with Crippen molar-refractivity contribution in [3.63, 3.8) is 0 Å². The van der Waals surface area contributed by atoms with E-state index in [-0.39, 0.29) is 28.9 Å². The first-order valence-corrected chi connectivity index (χ1v) is 13.6. The lowest BCUT2D eigenvalue weighted by atomic mass is 9.88. The van der Waals surface area contributed by atoms with E-state index in [1.54, 1.807) is 36.1 Å². The monoisotopic (exact) mass is 487 g/mol. The number of ether oxygens (including phenoxy) is 1. The van der Waals surface area contributed by atoms with Gasteiger partial charge in [-0.25, -0.2) is 17.9 Å². The van der Waals surface area contributed by atoms with E-state index in [4.69, 9.17) is 4.74 Å². The lowest BCUT2D eigenvalue weighted by Gasteiger charge is -2.31. The number of piperidine rings is 1. The molecule has 1 aliphatic heterocycles. The number of fused-ring (bicyclic) bond motifs is 1. The zero-order valence-corrected chi connectivity index (χ0v) is 20.4. The molecule has 0 atom stereocenters. The SMILES string of the molecule is CCOC(=O)N1CCC(NS(=O)(=O)c2ccc(NC(=O)C3CCCCC3)c3ccccc23)CC1. The van der Waals surface area contributed by atoms with Crippen molar-refractivity contribution < 1.29 is 22.7 Å². The lowest BCUT2D eigenvalue weighted by Crippen LogP contribution is -2.46. The Morgan fingerprint density at radius 3 is 2.32 bits per heavy atom. The van der Waals surface area contributed by atoms with Crippen LogP contribution in [0, 0.1) is 5.92 Å². The molecule has 1 heterocycles. The Morgan fingerprint density at radius 2 is 1.65 bits per heavy atom. The molecule has 8 nitrogen and oxygen atoms in total. The molecule has 2 amide bonds. The zero-order chi connectivity index (χ0) is 24.1. The van der Waals surface area contributed by atoms with Crippen LogP contribution < -0.4 is 10.0 Å². The van der Waals surface area contributed by atoms with Crippen LogP contribution in [0.5, 0.6) is 0 Å². The van der Waals surface area contributed by atoms with Gasteiger partial charge < -0.3 is 15.0 Å². The van der Waals surface area contributed by atoms with Gasteiger partial charge in [-0.2, -0.15) is 0 Å². The smallest absolute Gasteiger partial charge is 0.409 e. The molecule has 1 aliphatic carbocycles. The molecule has 0 aromatic heterocycles. The molecule has 0 radical (unpaired) electrons. The van der Waals surface area contributed by atoms with Crippen LogP contribution in [-0.2, 0) is 19.6 Å². The summed E-state index contributed by atoms with van der Waals surface area (Å²) >= 11 is 0. The Hall–Kier alpha value is -2.65. The third-order valence-corrected chi connectivity index (χ3v) is 8.33. The van der Waals surface area contributed by atoms with Crippen molar-refractivity contribution in [1.29, 1.82) is 0 Å². The number of hydrogen-bond donors (Lipinski definition) is 2. The van der Waals surface area contributed by atoms with E-state index in [0.717, 1.165) is 25.7 Å². The quantitative estimate of drug-likeness (QED) is 0.634. The van der Waals surface area contributed by atoms with Gasteiger partial charge in [-0.1, -0.05) is 43.5 Å². The van der Waals surface area contributed by atoms with Crippen molar-refractivity contribution in [3.8, 4) is 0 Å². The van der Waals surface area contributed by atoms with Gasteiger partial charge in [0.15, 0.2) is 0 Å². The highest BCUT2D eigenvalue weighted by Gasteiger charge is 2.29. The fourth-order valence-electron chi connectivity index (χ4n) is 4.89. The molecule has 2 aromatic rings. The topological polar surface area (TPSA) is 105 Å². The number of amides is 2. The summed E-state index contributed by atoms with van der Waals surface area (Å²) in [7, 11) is -3.80. The number of sulfonamides is 1. The number of benzene rings is 2. The molecule has 1 saturated carbocycles. The third-order valence-electron chi connectivity index (χ3n) is 6.75.